The summed E-state index contributed by atoms with van der Waals surface area (Å²) in [6, 6.07) is 0.700. The van der Waals surface area contributed by atoms with Crippen molar-refractivity contribution in [1.82, 2.24) is 5.32 Å². The SMILES string of the molecule is C=CCCC(NCC)C1CCCC1(C)C. The van der Waals surface area contributed by atoms with E-state index >= 15 is 0 Å². The molecular weight excluding hydrogens is 182 g/mol. The largest absolute Gasteiger partial charge is 0.314 e. The molecule has 88 valence electrons. The van der Waals surface area contributed by atoms with Crippen LogP contribution in [0.4, 0.5) is 0 Å². The molecule has 0 radical (unpaired) electrons. The first kappa shape index (κ1) is 12.8. The number of hydrogen-bond donors (Lipinski definition) is 1. The van der Waals surface area contributed by atoms with Crippen molar-refractivity contribution in [3.8, 4) is 0 Å². The van der Waals surface area contributed by atoms with Crippen molar-refractivity contribution >= 4 is 0 Å². The number of rotatable bonds is 6. The Morgan fingerprint density at radius 2 is 2.27 bits per heavy atom. The fourth-order valence-corrected chi connectivity index (χ4v) is 3.10. The van der Waals surface area contributed by atoms with Crippen molar-refractivity contribution in [3.05, 3.63) is 12.7 Å². The normalized spacial score (nSPS) is 26.5. The van der Waals surface area contributed by atoms with Crippen molar-refractivity contribution < 1.29 is 0 Å². The topological polar surface area (TPSA) is 12.0 Å². The quantitative estimate of drug-likeness (QED) is 0.657. The monoisotopic (exact) mass is 209 g/mol. The highest BCUT2D eigenvalue weighted by atomic mass is 14.9. The van der Waals surface area contributed by atoms with Crippen LogP contribution in [0.1, 0.15) is 52.9 Å². The average molecular weight is 209 g/mol. The predicted octanol–water partition coefficient (Wildman–Crippen LogP) is 3.76. The number of allylic oxidation sites excluding steroid dienone is 1. The van der Waals surface area contributed by atoms with E-state index in [9.17, 15) is 0 Å². The second kappa shape index (κ2) is 5.69. The van der Waals surface area contributed by atoms with Crippen molar-refractivity contribution in [2.45, 2.75) is 58.9 Å². The lowest BCUT2D eigenvalue weighted by Gasteiger charge is -2.34. The Kier molecular flexibility index (Phi) is 4.85. The van der Waals surface area contributed by atoms with E-state index < -0.39 is 0 Å². The molecule has 1 aliphatic carbocycles. The molecule has 0 spiro atoms. The Balaban J connectivity index is 2.57. The van der Waals surface area contributed by atoms with Crippen LogP contribution in [-0.4, -0.2) is 12.6 Å². The molecule has 0 aromatic heterocycles. The summed E-state index contributed by atoms with van der Waals surface area (Å²) < 4.78 is 0. The van der Waals surface area contributed by atoms with Gasteiger partial charge in [0.15, 0.2) is 0 Å². The molecule has 2 atom stereocenters. The van der Waals surface area contributed by atoms with Crippen LogP contribution in [0.15, 0.2) is 12.7 Å². The van der Waals surface area contributed by atoms with Crippen molar-refractivity contribution in [2.24, 2.45) is 11.3 Å². The van der Waals surface area contributed by atoms with E-state index in [1.165, 1.54) is 25.7 Å². The van der Waals surface area contributed by atoms with E-state index in [0.29, 0.717) is 11.5 Å². The van der Waals surface area contributed by atoms with Crippen LogP contribution in [0.5, 0.6) is 0 Å². The minimum absolute atomic E-state index is 0.536. The van der Waals surface area contributed by atoms with E-state index in [1.54, 1.807) is 0 Å². The van der Waals surface area contributed by atoms with Gasteiger partial charge in [0.25, 0.3) is 0 Å². The minimum Gasteiger partial charge on any atom is -0.314 e. The molecule has 0 aliphatic heterocycles. The molecule has 2 unspecified atom stereocenters. The molecule has 0 bridgehead atoms. The summed E-state index contributed by atoms with van der Waals surface area (Å²) in [6.07, 6.45) is 8.66. The molecule has 1 aliphatic rings. The lowest BCUT2D eigenvalue weighted by atomic mass is 9.76. The third kappa shape index (κ3) is 3.34. The standard InChI is InChI=1S/C14H27N/c1-5-7-10-13(15-6-2)12-9-8-11-14(12,3)4/h5,12-13,15H,1,6-11H2,2-4H3. The van der Waals surface area contributed by atoms with Gasteiger partial charge >= 0.3 is 0 Å². The van der Waals surface area contributed by atoms with Crippen LogP contribution < -0.4 is 5.32 Å². The van der Waals surface area contributed by atoms with Gasteiger partial charge in [-0.1, -0.05) is 33.3 Å². The Morgan fingerprint density at radius 3 is 2.73 bits per heavy atom. The highest BCUT2D eigenvalue weighted by Crippen LogP contribution is 2.45. The Morgan fingerprint density at radius 1 is 1.53 bits per heavy atom. The Hall–Kier alpha value is -0.300. The molecule has 1 fully saturated rings. The molecule has 0 aromatic carbocycles. The van der Waals surface area contributed by atoms with Gasteiger partial charge in [-0.2, -0.15) is 0 Å². The Labute approximate surface area is 95.3 Å². The molecule has 0 amide bonds. The average Bonchev–Trinajstić information content (AvgIpc) is 2.53. The summed E-state index contributed by atoms with van der Waals surface area (Å²) in [4.78, 5) is 0. The van der Waals surface area contributed by atoms with E-state index in [4.69, 9.17) is 0 Å². The zero-order valence-corrected chi connectivity index (χ0v) is 10.7. The third-order valence-corrected chi connectivity index (χ3v) is 3.97. The zero-order chi connectivity index (χ0) is 11.3. The molecular formula is C14H27N. The predicted molar refractivity (Wildman–Crippen MR) is 68.0 cm³/mol. The molecule has 0 aromatic rings. The van der Waals surface area contributed by atoms with E-state index in [1.807, 2.05) is 6.08 Å². The van der Waals surface area contributed by atoms with Gasteiger partial charge in [0.1, 0.15) is 0 Å². The van der Waals surface area contributed by atoms with Gasteiger partial charge in [-0.25, -0.2) is 0 Å². The molecule has 15 heavy (non-hydrogen) atoms. The van der Waals surface area contributed by atoms with Crippen LogP contribution >= 0.6 is 0 Å². The molecule has 1 N–H and O–H groups in total. The van der Waals surface area contributed by atoms with Gasteiger partial charge in [0.05, 0.1) is 0 Å². The molecule has 0 heterocycles. The molecule has 0 saturated heterocycles. The maximum Gasteiger partial charge on any atom is 0.0103 e. The fraction of sp³-hybridized carbons (Fsp3) is 0.857. The molecule has 1 saturated carbocycles. The molecule has 1 rings (SSSR count). The highest BCUT2D eigenvalue weighted by molar-refractivity contribution is 4.92. The van der Waals surface area contributed by atoms with Crippen LogP contribution in [0.3, 0.4) is 0 Å². The maximum absolute atomic E-state index is 3.83. The van der Waals surface area contributed by atoms with E-state index in [2.05, 4.69) is 32.7 Å². The summed E-state index contributed by atoms with van der Waals surface area (Å²) in [7, 11) is 0. The molecule has 1 nitrogen and oxygen atoms in total. The maximum atomic E-state index is 3.83. The lowest BCUT2D eigenvalue weighted by Crippen LogP contribution is -2.40. The first-order valence-corrected chi connectivity index (χ1v) is 6.46. The summed E-state index contributed by atoms with van der Waals surface area (Å²) >= 11 is 0. The Bertz CT molecular complexity index is 196. The summed E-state index contributed by atoms with van der Waals surface area (Å²) in [5.41, 5.74) is 0.536. The second-order valence-corrected chi connectivity index (χ2v) is 5.52. The fourth-order valence-electron chi connectivity index (χ4n) is 3.10. The van der Waals surface area contributed by atoms with Gasteiger partial charge in [-0.05, 0) is 43.6 Å². The van der Waals surface area contributed by atoms with Gasteiger partial charge in [-0.15, -0.1) is 6.58 Å². The highest BCUT2D eigenvalue weighted by Gasteiger charge is 2.38. The van der Waals surface area contributed by atoms with Crippen LogP contribution in [0.2, 0.25) is 0 Å². The van der Waals surface area contributed by atoms with Gasteiger partial charge in [0, 0.05) is 6.04 Å². The first-order valence-electron chi connectivity index (χ1n) is 6.46. The van der Waals surface area contributed by atoms with Crippen LogP contribution in [0.25, 0.3) is 0 Å². The second-order valence-electron chi connectivity index (χ2n) is 5.52. The minimum atomic E-state index is 0.536. The van der Waals surface area contributed by atoms with Crippen molar-refractivity contribution in [3.63, 3.8) is 0 Å². The van der Waals surface area contributed by atoms with E-state index in [-0.39, 0.29) is 0 Å². The van der Waals surface area contributed by atoms with Gasteiger partial charge in [-0.3, -0.25) is 0 Å². The zero-order valence-electron chi connectivity index (χ0n) is 10.7. The summed E-state index contributed by atoms with van der Waals surface area (Å²) in [5, 5.41) is 3.67. The number of hydrogen-bond acceptors (Lipinski definition) is 1. The van der Waals surface area contributed by atoms with Crippen LogP contribution in [0, 0.1) is 11.3 Å². The first-order chi connectivity index (χ1) is 7.11. The van der Waals surface area contributed by atoms with Gasteiger partial charge < -0.3 is 5.32 Å². The van der Waals surface area contributed by atoms with E-state index in [0.717, 1.165) is 18.9 Å². The van der Waals surface area contributed by atoms with Crippen molar-refractivity contribution in [2.75, 3.05) is 6.54 Å². The lowest BCUT2D eigenvalue weighted by molar-refractivity contribution is 0.192. The smallest absolute Gasteiger partial charge is 0.0103 e. The molecule has 1 heteroatoms. The van der Waals surface area contributed by atoms with Crippen LogP contribution in [-0.2, 0) is 0 Å². The third-order valence-electron chi connectivity index (χ3n) is 3.97. The number of nitrogens with one attached hydrogen (secondary N) is 1. The van der Waals surface area contributed by atoms with Crippen molar-refractivity contribution in [1.29, 1.82) is 0 Å². The van der Waals surface area contributed by atoms with Gasteiger partial charge in [0.2, 0.25) is 0 Å². The summed E-state index contributed by atoms with van der Waals surface area (Å²) in [6.45, 7) is 12.0. The summed E-state index contributed by atoms with van der Waals surface area (Å²) in [5.74, 6) is 0.859.